The number of rotatable bonds is 32. The molecule has 5 heteroatoms. The van der Waals surface area contributed by atoms with Gasteiger partial charge in [-0.25, -0.2) is 0 Å². The number of carbonyl (C=O) groups is 3. The lowest BCUT2D eigenvalue weighted by molar-refractivity contribution is -0.144. The average Bonchev–Trinajstić information content (AvgIpc) is 3.31. The summed E-state index contributed by atoms with van der Waals surface area (Å²) in [6, 6.07) is 0. The van der Waals surface area contributed by atoms with Gasteiger partial charge in [0.1, 0.15) is 0 Å². The first kappa shape index (κ1) is 38.4. The van der Waals surface area contributed by atoms with Gasteiger partial charge in [0.25, 0.3) is 11.8 Å². The molecule has 0 spiro atoms. The fourth-order valence-corrected chi connectivity index (χ4v) is 5.87. The second kappa shape index (κ2) is 29.4. The minimum Gasteiger partial charge on any atom is -0.466 e. The van der Waals surface area contributed by atoms with Gasteiger partial charge in [0, 0.05) is 25.1 Å². The fraction of sp³-hybridized carbons (Fsp3) is 0.865. The second-order valence-electron chi connectivity index (χ2n) is 12.7. The van der Waals surface area contributed by atoms with E-state index in [1.807, 2.05) is 0 Å². The molecule has 0 unspecified atom stereocenters. The number of amides is 2. The standard InChI is InChI=1S/C37H67NO4/c1-2-3-4-5-6-7-8-9-10-11-12-13-14-15-16-17-20-23-26-29-34-42-37(41)30-27-24-21-18-19-22-25-28-33-38-35(39)31-32-36(38)40/h31-32H,2-30,33-34H2,1H3. The maximum atomic E-state index is 11.9. The van der Waals surface area contributed by atoms with Crippen LogP contribution < -0.4 is 0 Å². The summed E-state index contributed by atoms with van der Waals surface area (Å²) in [5, 5.41) is 0. The largest absolute Gasteiger partial charge is 0.466 e. The number of carbonyl (C=O) groups excluding carboxylic acids is 3. The molecule has 0 N–H and O–H groups in total. The van der Waals surface area contributed by atoms with E-state index in [1.165, 1.54) is 152 Å². The molecule has 1 aliphatic heterocycles. The van der Waals surface area contributed by atoms with Crippen LogP contribution in [0.15, 0.2) is 12.2 Å². The predicted octanol–water partition coefficient (Wildman–Crippen LogP) is 10.8. The maximum absolute atomic E-state index is 11.9. The van der Waals surface area contributed by atoms with Crippen LogP contribution in [-0.2, 0) is 19.1 Å². The third-order valence-corrected chi connectivity index (χ3v) is 8.67. The molecule has 0 fully saturated rings. The summed E-state index contributed by atoms with van der Waals surface area (Å²) >= 11 is 0. The number of imide groups is 1. The van der Waals surface area contributed by atoms with E-state index >= 15 is 0 Å². The van der Waals surface area contributed by atoms with Gasteiger partial charge in [-0.3, -0.25) is 19.3 Å². The lowest BCUT2D eigenvalue weighted by Crippen LogP contribution is -2.30. The van der Waals surface area contributed by atoms with Crippen LogP contribution in [0.25, 0.3) is 0 Å². The summed E-state index contributed by atoms with van der Waals surface area (Å²) in [4.78, 5) is 36.2. The number of hydrogen-bond acceptors (Lipinski definition) is 4. The Hall–Kier alpha value is -1.65. The Morgan fingerprint density at radius 2 is 0.833 bits per heavy atom. The van der Waals surface area contributed by atoms with Crippen molar-refractivity contribution < 1.29 is 19.1 Å². The summed E-state index contributed by atoms with van der Waals surface area (Å²) in [7, 11) is 0. The van der Waals surface area contributed by atoms with Crippen LogP contribution in [0, 0.1) is 0 Å². The molecule has 2 amide bonds. The molecule has 0 saturated heterocycles. The highest BCUT2D eigenvalue weighted by Crippen LogP contribution is 2.15. The van der Waals surface area contributed by atoms with Crippen molar-refractivity contribution in [2.24, 2.45) is 0 Å². The van der Waals surface area contributed by atoms with Gasteiger partial charge in [0.2, 0.25) is 0 Å². The van der Waals surface area contributed by atoms with Gasteiger partial charge in [-0.1, -0.05) is 167 Å². The summed E-state index contributed by atoms with van der Waals surface area (Å²) in [6.45, 7) is 3.41. The Labute approximate surface area is 260 Å². The average molecular weight is 590 g/mol. The molecule has 5 nitrogen and oxygen atoms in total. The SMILES string of the molecule is CCCCCCCCCCCCCCCCCCCCCCOC(=O)CCCCCCCCCCN1C(=O)C=CC1=O. The van der Waals surface area contributed by atoms with Crippen molar-refractivity contribution in [3.8, 4) is 0 Å². The molecule has 0 aliphatic carbocycles. The molecule has 0 aromatic carbocycles. The summed E-state index contributed by atoms with van der Waals surface area (Å²) in [6.07, 6.45) is 39.3. The lowest BCUT2D eigenvalue weighted by Gasteiger charge is -2.12. The number of unbranched alkanes of at least 4 members (excludes halogenated alkanes) is 26. The number of ether oxygens (including phenoxy) is 1. The first-order valence-corrected chi connectivity index (χ1v) is 18.3. The third kappa shape index (κ3) is 23.9. The Kier molecular flexibility index (Phi) is 26.9. The van der Waals surface area contributed by atoms with Gasteiger partial charge in [0.15, 0.2) is 0 Å². The molecule has 42 heavy (non-hydrogen) atoms. The Morgan fingerprint density at radius 1 is 0.500 bits per heavy atom. The number of esters is 1. The van der Waals surface area contributed by atoms with Crippen LogP contribution in [0.4, 0.5) is 0 Å². The normalized spacial score (nSPS) is 13.0. The summed E-state index contributed by atoms with van der Waals surface area (Å²) < 4.78 is 5.41. The smallest absolute Gasteiger partial charge is 0.305 e. The van der Waals surface area contributed by atoms with Crippen molar-refractivity contribution in [2.45, 2.75) is 193 Å². The van der Waals surface area contributed by atoms with Crippen molar-refractivity contribution >= 4 is 17.8 Å². The third-order valence-electron chi connectivity index (χ3n) is 8.67. The van der Waals surface area contributed by atoms with E-state index in [9.17, 15) is 14.4 Å². The molecule has 1 rings (SSSR count). The van der Waals surface area contributed by atoms with Crippen LogP contribution >= 0.6 is 0 Å². The molecule has 0 aromatic rings. The van der Waals surface area contributed by atoms with Gasteiger partial charge in [-0.2, -0.15) is 0 Å². The van der Waals surface area contributed by atoms with Crippen LogP contribution in [0.5, 0.6) is 0 Å². The zero-order chi connectivity index (χ0) is 30.4. The lowest BCUT2D eigenvalue weighted by atomic mass is 10.0. The van der Waals surface area contributed by atoms with Crippen molar-refractivity contribution in [3.05, 3.63) is 12.2 Å². The Bertz CT molecular complexity index is 671. The highest BCUT2D eigenvalue weighted by atomic mass is 16.5. The molecular formula is C37H67NO4. The van der Waals surface area contributed by atoms with Crippen molar-refractivity contribution in [3.63, 3.8) is 0 Å². The quantitative estimate of drug-likeness (QED) is 0.0445. The minimum atomic E-state index is -0.181. The van der Waals surface area contributed by atoms with Crippen LogP contribution in [0.3, 0.4) is 0 Å². The predicted molar refractivity (Wildman–Crippen MR) is 176 cm³/mol. The molecular weight excluding hydrogens is 522 g/mol. The molecule has 0 aromatic heterocycles. The summed E-state index contributed by atoms with van der Waals surface area (Å²) in [5.74, 6) is -0.396. The van der Waals surface area contributed by atoms with E-state index < -0.39 is 0 Å². The van der Waals surface area contributed by atoms with Crippen LogP contribution in [-0.4, -0.2) is 35.8 Å². The van der Waals surface area contributed by atoms with E-state index in [4.69, 9.17) is 4.74 Å². The van der Waals surface area contributed by atoms with Crippen molar-refractivity contribution in [1.82, 2.24) is 4.90 Å². The van der Waals surface area contributed by atoms with Gasteiger partial charge in [-0.05, 0) is 19.3 Å². The van der Waals surface area contributed by atoms with E-state index in [1.54, 1.807) is 0 Å². The molecule has 0 saturated carbocycles. The zero-order valence-corrected chi connectivity index (χ0v) is 27.7. The highest BCUT2D eigenvalue weighted by Gasteiger charge is 2.22. The van der Waals surface area contributed by atoms with Crippen molar-refractivity contribution in [1.29, 1.82) is 0 Å². The monoisotopic (exact) mass is 590 g/mol. The molecule has 244 valence electrons. The van der Waals surface area contributed by atoms with Gasteiger partial charge < -0.3 is 4.74 Å². The molecule has 1 aliphatic rings. The Morgan fingerprint density at radius 3 is 1.24 bits per heavy atom. The topological polar surface area (TPSA) is 63.7 Å². The van der Waals surface area contributed by atoms with E-state index in [0.717, 1.165) is 44.9 Å². The van der Waals surface area contributed by atoms with Crippen LogP contribution in [0.2, 0.25) is 0 Å². The first-order chi connectivity index (χ1) is 20.6. The number of hydrogen-bond donors (Lipinski definition) is 0. The van der Waals surface area contributed by atoms with Gasteiger partial charge in [0.05, 0.1) is 6.61 Å². The van der Waals surface area contributed by atoms with Crippen LogP contribution in [0.1, 0.15) is 193 Å². The van der Waals surface area contributed by atoms with Gasteiger partial charge >= 0.3 is 5.97 Å². The highest BCUT2D eigenvalue weighted by molar-refractivity contribution is 6.12. The number of nitrogens with zero attached hydrogens (tertiary/aromatic N) is 1. The van der Waals surface area contributed by atoms with E-state index in [0.29, 0.717) is 19.6 Å². The second-order valence-corrected chi connectivity index (χ2v) is 12.7. The Balaban J connectivity index is 1.69. The molecule has 0 radical (unpaired) electrons. The van der Waals surface area contributed by atoms with E-state index in [2.05, 4.69) is 6.92 Å². The molecule has 1 heterocycles. The zero-order valence-electron chi connectivity index (χ0n) is 27.7. The minimum absolute atomic E-state index is 0.0340. The maximum Gasteiger partial charge on any atom is 0.305 e. The first-order valence-electron chi connectivity index (χ1n) is 18.3. The van der Waals surface area contributed by atoms with Gasteiger partial charge in [-0.15, -0.1) is 0 Å². The molecule has 0 bridgehead atoms. The summed E-state index contributed by atoms with van der Waals surface area (Å²) in [5.41, 5.74) is 0. The van der Waals surface area contributed by atoms with Crippen molar-refractivity contribution in [2.75, 3.05) is 13.2 Å². The fourth-order valence-electron chi connectivity index (χ4n) is 5.87. The van der Waals surface area contributed by atoms with E-state index in [-0.39, 0.29) is 17.8 Å². The molecule has 0 atom stereocenters.